The van der Waals surface area contributed by atoms with E-state index in [0.29, 0.717) is 11.1 Å². The van der Waals surface area contributed by atoms with Crippen LogP contribution in [0.1, 0.15) is 20.7 Å². The molecule has 3 rings (SSSR count). The van der Waals surface area contributed by atoms with Gasteiger partial charge in [-0.15, -0.1) is 0 Å². The zero-order valence-electron chi connectivity index (χ0n) is 15.4. The summed E-state index contributed by atoms with van der Waals surface area (Å²) in [5.74, 6) is -1.60. The second kappa shape index (κ2) is 9.95. The zero-order chi connectivity index (χ0) is 22.4. The van der Waals surface area contributed by atoms with Crippen LogP contribution < -0.4 is 21.7 Å². The van der Waals surface area contributed by atoms with Crippen molar-refractivity contribution >= 4 is 61.0 Å². The topological polar surface area (TPSA) is 151 Å². The normalized spacial score (nSPS) is 10.1. The van der Waals surface area contributed by atoms with Crippen molar-refractivity contribution in [3.8, 4) is 0 Å². The first-order valence-electron chi connectivity index (χ1n) is 8.48. The Hall–Kier alpha value is -3.58. The summed E-state index contributed by atoms with van der Waals surface area (Å²) in [5.41, 5.74) is 9.57. The van der Waals surface area contributed by atoms with Crippen molar-refractivity contribution in [3.63, 3.8) is 0 Å². The SMILES string of the molecule is O=C(NNc1ncnc(NNC(=O)c2ccc(Br)cc2)c1[N+](=O)[O-])c1ccc(Br)cc1. The molecule has 2 amide bonds. The van der Waals surface area contributed by atoms with Gasteiger partial charge in [-0.05, 0) is 48.5 Å². The number of anilines is 2. The van der Waals surface area contributed by atoms with Crippen LogP contribution in [0.4, 0.5) is 17.3 Å². The van der Waals surface area contributed by atoms with Crippen molar-refractivity contribution < 1.29 is 14.5 Å². The summed E-state index contributed by atoms with van der Waals surface area (Å²) < 4.78 is 1.59. The fraction of sp³-hybridized carbons (Fsp3) is 0. The van der Waals surface area contributed by atoms with E-state index >= 15 is 0 Å². The van der Waals surface area contributed by atoms with E-state index in [9.17, 15) is 19.7 Å². The minimum Gasteiger partial charge on any atom is -0.276 e. The molecule has 13 heteroatoms. The van der Waals surface area contributed by atoms with E-state index in [0.717, 1.165) is 15.3 Å². The summed E-state index contributed by atoms with van der Waals surface area (Å²) in [5, 5.41) is 11.6. The van der Waals surface area contributed by atoms with Crippen LogP contribution in [0.5, 0.6) is 0 Å². The Labute approximate surface area is 192 Å². The fourth-order valence-electron chi connectivity index (χ4n) is 2.31. The number of hydrazine groups is 2. The largest absolute Gasteiger partial charge is 0.356 e. The second-order valence-corrected chi connectivity index (χ2v) is 7.68. The molecule has 11 nitrogen and oxygen atoms in total. The van der Waals surface area contributed by atoms with Crippen LogP contribution in [0.2, 0.25) is 0 Å². The molecule has 3 aromatic rings. The Morgan fingerprint density at radius 2 is 1.16 bits per heavy atom. The average Bonchev–Trinajstić information content (AvgIpc) is 2.76. The highest BCUT2D eigenvalue weighted by Crippen LogP contribution is 2.27. The summed E-state index contributed by atoms with van der Waals surface area (Å²) >= 11 is 6.54. The predicted octanol–water partition coefficient (Wildman–Crippen LogP) is 3.42. The molecule has 0 radical (unpaired) electrons. The highest BCUT2D eigenvalue weighted by atomic mass is 79.9. The summed E-state index contributed by atoms with van der Waals surface area (Å²) in [6.07, 6.45) is 1.04. The minimum absolute atomic E-state index is 0.272. The van der Waals surface area contributed by atoms with E-state index < -0.39 is 22.4 Å². The highest BCUT2D eigenvalue weighted by molar-refractivity contribution is 9.10. The van der Waals surface area contributed by atoms with Gasteiger partial charge < -0.3 is 0 Å². The van der Waals surface area contributed by atoms with E-state index in [1.165, 1.54) is 0 Å². The first kappa shape index (κ1) is 22.1. The smallest absolute Gasteiger partial charge is 0.276 e. The van der Waals surface area contributed by atoms with E-state index in [2.05, 4.69) is 63.5 Å². The van der Waals surface area contributed by atoms with Gasteiger partial charge >= 0.3 is 5.69 Å². The number of nitrogens with one attached hydrogen (secondary N) is 4. The number of amides is 2. The number of halogens is 2. The molecule has 31 heavy (non-hydrogen) atoms. The Morgan fingerprint density at radius 1 is 0.774 bits per heavy atom. The Morgan fingerprint density at radius 3 is 1.52 bits per heavy atom. The number of aromatic nitrogens is 2. The van der Waals surface area contributed by atoms with Crippen molar-refractivity contribution in [3.05, 3.63) is 85.0 Å². The van der Waals surface area contributed by atoms with Crippen molar-refractivity contribution in [2.24, 2.45) is 0 Å². The first-order valence-corrected chi connectivity index (χ1v) is 10.1. The maximum Gasteiger partial charge on any atom is 0.356 e. The molecule has 0 bridgehead atoms. The summed E-state index contributed by atoms with van der Waals surface area (Å²) in [6.45, 7) is 0. The lowest BCUT2D eigenvalue weighted by molar-refractivity contribution is -0.383. The molecule has 2 aromatic carbocycles. The van der Waals surface area contributed by atoms with Crippen molar-refractivity contribution in [1.29, 1.82) is 0 Å². The molecule has 0 saturated carbocycles. The first-order chi connectivity index (χ1) is 14.8. The Kier molecular flexibility index (Phi) is 7.10. The molecular weight excluding hydrogens is 538 g/mol. The average molecular weight is 551 g/mol. The molecule has 4 N–H and O–H groups in total. The van der Waals surface area contributed by atoms with E-state index in [1.54, 1.807) is 48.5 Å². The van der Waals surface area contributed by atoms with Gasteiger partial charge in [-0.1, -0.05) is 31.9 Å². The number of rotatable bonds is 7. The molecule has 158 valence electrons. The molecule has 0 atom stereocenters. The number of carbonyl (C=O) groups excluding carboxylic acids is 2. The predicted molar refractivity (Wildman–Crippen MR) is 119 cm³/mol. The van der Waals surface area contributed by atoms with Gasteiger partial charge in [-0.3, -0.25) is 41.4 Å². The van der Waals surface area contributed by atoms with Gasteiger partial charge in [-0.25, -0.2) is 9.97 Å². The molecule has 0 aliphatic rings. The monoisotopic (exact) mass is 549 g/mol. The zero-order valence-corrected chi connectivity index (χ0v) is 18.6. The number of hydrogen-bond acceptors (Lipinski definition) is 8. The third kappa shape index (κ3) is 5.73. The quantitative estimate of drug-likeness (QED) is 0.258. The molecule has 0 aliphatic heterocycles. The van der Waals surface area contributed by atoms with Gasteiger partial charge in [0.1, 0.15) is 6.33 Å². The lowest BCUT2D eigenvalue weighted by atomic mass is 10.2. The van der Waals surface area contributed by atoms with Crippen molar-refractivity contribution in [2.75, 3.05) is 10.9 Å². The number of nitro groups is 1. The molecule has 1 heterocycles. The van der Waals surface area contributed by atoms with Crippen molar-refractivity contribution in [2.45, 2.75) is 0 Å². The van der Waals surface area contributed by atoms with E-state index in [1.807, 2.05) is 0 Å². The van der Waals surface area contributed by atoms with Gasteiger partial charge in [0.25, 0.3) is 11.8 Å². The van der Waals surface area contributed by atoms with Crippen LogP contribution in [0, 0.1) is 10.1 Å². The Balaban J connectivity index is 1.72. The van der Waals surface area contributed by atoms with Gasteiger partial charge in [-0.2, -0.15) is 0 Å². The third-order valence-corrected chi connectivity index (χ3v) is 4.86. The standard InChI is InChI=1S/C18H13Br2N7O4/c19-12-5-1-10(2-6-12)17(28)25-23-15-14(27(30)31)16(22-9-21-15)24-26-18(29)11-3-7-13(20)8-4-11/h1-9H,(H,25,28)(H,26,29)(H2,21,22,23,24). The number of benzene rings is 2. The van der Waals surface area contributed by atoms with Crippen LogP contribution in [-0.2, 0) is 0 Å². The lowest BCUT2D eigenvalue weighted by Gasteiger charge is -2.11. The van der Waals surface area contributed by atoms with Crippen LogP contribution >= 0.6 is 31.9 Å². The summed E-state index contributed by atoms with van der Waals surface area (Å²) in [4.78, 5) is 42.8. The number of hydrogen-bond donors (Lipinski definition) is 4. The molecule has 0 fully saturated rings. The Bertz CT molecular complexity index is 1050. The fourth-order valence-corrected chi connectivity index (χ4v) is 2.84. The lowest BCUT2D eigenvalue weighted by Crippen LogP contribution is -2.32. The maximum atomic E-state index is 12.2. The van der Waals surface area contributed by atoms with E-state index in [4.69, 9.17) is 0 Å². The number of nitrogens with zero attached hydrogens (tertiary/aromatic N) is 3. The van der Waals surface area contributed by atoms with Gasteiger partial charge in [0.15, 0.2) is 0 Å². The van der Waals surface area contributed by atoms with Crippen LogP contribution in [0.15, 0.2) is 63.8 Å². The van der Waals surface area contributed by atoms with E-state index in [-0.39, 0.29) is 11.6 Å². The molecular formula is C18H13Br2N7O4. The maximum absolute atomic E-state index is 12.2. The van der Waals surface area contributed by atoms with Gasteiger partial charge in [0.05, 0.1) is 4.92 Å². The minimum atomic E-state index is -0.748. The van der Waals surface area contributed by atoms with Crippen LogP contribution in [-0.4, -0.2) is 26.7 Å². The highest BCUT2D eigenvalue weighted by Gasteiger charge is 2.24. The van der Waals surface area contributed by atoms with Gasteiger partial charge in [0, 0.05) is 20.1 Å². The van der Waals surface area contributed by atoms with Crippen LogP contribution in [0.3, 0.4) is 0 Å². The molecule has 0 saturated heterocycles. The van der Waals surface area contributed by atoms with Crippen molar-refractivity contribution in [1.82, 2.24) is 20.8 Å². The van der Waals surface area contributed by atoms with Crippen LogP contribution in [0.25, 0.3) is 0 Å². The molecule has 0 aliphatic carbocycles. The molecule has 0 unspecified atom stereocenters. The molecule has 0 spiro atoms. The number of carbonyl (C=O) groups is 2. The molecule has 1 aromatic heterocycles. The second-order valence-electron chi connectivity index (χ2n) is 5.85. The third-order valence-electron chi connectivity index (χ3n) is 3.81. The summed E-state index contributed by atoms with van der Waals surface area (Å²) in [6, 6.07) is 13.0. The summed E-state index contributed by atoms with van der Waals surface area (Å²) in [7, 11) is 0. The van der Waals surface area contributed by atoms with Gasteiger partial charge in [0.2, 0.25) is 11.6 Å².